The molecule has 0 unspecified atom stereocenters. The molecular weight excluding hydrogens is 356 g/mol. The van der Waals surface area contributed by atoms with E-state index in [1.54, 1.807) is 31.2 Å². The molecule has 2 N–H and O–H groups in total. The highest BCUT2D eigenvalue weighted by Gasteiger charge is 2.26. The van der Waals surface area contributed by atoms with E-state index in [0.29, 0.717) is 28.3 Å². The van der Waals surface area contributed by atoms with Gasteiger partial charge in [-0.1, -0.05) is 30.7 Å². The Morgan fingerprint density at radius 1 is 1.19 bits per heavy atom. The molecule has 2 aromatic rings. The Morgan fingerprint density at radius 3 is 2.31 bits per heavy atom. The molecule has 6 nitrogen and oxygen atoms in total. The Bertz CT molecular complexity index is 840. The third kappa shape index (κ3) is 4.32. The van der Waals surface area contributed by atoms with Gasteiger partial charge in [-0.25, -0.2) is 0 Å². The maximum Gasteiger partial charge on any atom is 0.323 e. The number of benzene rings is 1. The van der Waals surface area contributed by atoms with Gasteiger partial charge < -0.3 is 15.0 Å². The van der Waals surface area contributed by atoms with Crippen LogP contribution >= 0.6 is 11.6 Å². The molecule has 0 atom stereocenters. The third-order valence-electron chi connectivity index (χ3n) is 4.11. The van der Waals surface area contributed by atoms with Gasteiger partial charge in [-0.2, -0.15) is 0 Å². The molecule has 2 rings (SSSR count). The number of Topliss-reactive ketones (excluding diaryl/α,β-unsaturated/α-hetero) is 1. The van der Waals surface area contributed by atoms with E-state index in [4.69, 9.17) is 11.6 Å². The predicted octanol–water partition coefficient (Wildman–Crippen LogP) is 3.47. The van der Waals surface area contributed by atoms with Crippen molar-refractivity contribution in [1.82, 2.24) is 9.88 Å². The lowest BCUT2D eigenvalue weighted by Gasteiger charge is -2.21. The summed E-state index contributed by atoms with van der Waals surface area (Å²) in [5.74, 6) is -1.69. The first-order valence-electron chi connectivity index (χ1n) is 8.22. The minimum Gasteiger partial charge on any atom is -0.480 e. The number of aromatic amines is 1. The van der Waals surface area contributed by atoms with E-state index >= 15 is 0 Å². The van der Waals surface area contributed by atoms with Crippen LogP contribution in [0.25, 0.3) is 0 Å². The van der Waals surface area contributed by atoms with E-state index in [-0.39, 0.29) is 18.0 Å². The Kier molecular flexibility index (Phi) is 6.21. The largest absolute Gasteiger partial charge is 0.480 e. The van der Waals surface area contributed by atoms with Crippen LogP contribution in [0.3, 0.4) is 0 Å². The maximum absolute atomic E-state index is 13.0. The summed E-state index contributed by atoms with van der Waals surface area (Å²) in [4.78, 5) is 40.4. The van der Waals surface area contributed by atoms with Gasteiger partial charge in [0.05, 0.1) is 0 Å². The molecule has 0 spiro atoms. The van der Waals surface area contributed by atoms with Crippen LogP contribution in [0, 0.1) is 6.92 Å². The molecule has 0 saturated carbocycles. The van der Waals surface area contributed by atoms with Crippen LogP contribution in [0.2, 0.25) is 5.02 Å². The number of nitrogens with zero attached hydrogens (tertiary/aromatic N) is 1. The van der Waals surface area contributed by atoms with Crippen LogP contribution in [0.4, 0.5) is 0 Å². The van der Waals surface area contributed by atoms with Gasteiger partial charge in [0, 0.05) is 22.8 Å². The van der Waals surface area contributed by atoms with Crippen molar-refractivity contribution in [1.29, 1.82) is 0 Å². The van der Waals surface area contributed by atoms with Gasteiger partial charge in [0.25, 0.3) is 5.91 Å². The zero-order chi connectivity index (χ0) is 19.4. The van der Waals surface area contributed by atoms with Gasteiger partial charge in [0.2, 0.25) is 0 Å². The maximum atomic E-state index is 13.0. The summed E-state index contributed by atoms with van der Waals surface area (Å²) >= 11 is 5.87. The van der Waals surface area contributed by atoms with E-state index in [0.717, 1.165) is 5.56 Å². The molecule has 0 saturated heterocycles. The van der Waals surface area contributed by atoms with Gasteiger partial charge >= 0.3 is 5.97 Å². The molecule has 0 aliphatic carbocycles. The number of nitrogens with one attached hydrogen (secondary N) is 1. The highest BCUT2D eigenvalue weighted by atomic mass is 35.5. The number of carbonyl (C=O) groups is 3. The Hall–Kier alpha value is -2.60. The fourth-order valence-corrected chi connectivity index (χ4v) is 3.15. The number of aryl methyl sites for hydroxylation is 1. The molecule has 138 valence electrons. The monoisotopic (exact) mass is 376 g/mol. The zero-order valence-corrected chi connectivity index (χ0v) is 15.7. The second kappa shape index (κ2) is 8.19. The van der Waals surface area contributed by atoms with Crippen LogP contribution in [0.15, 0.2) is 24.3 Å². The van der Waals surface area contributed by atoms with Crippen molar-refractivity contribution in [2.75, 3.05) is 6.54 Å². The quantitative estimate of drug-likeness (QED) is 0.724. The fourth-order valence-electron chi connectivity index (χ4n) is 3.02. The molecule has 0 radical (unpaired) electrons. The number of carboxylic acid groups (broad SMARTS) is 1. The predicted molar refractivity (Wildman–Crippen MR) is 98.7 cm³/mol. The summed E-state index contributed by atoms with van der Waals surface area (Å²) in [6, 6.07) is 6.85. The lowest BCUT2D eigenvalue weighted by atomic mass is 10.0. The second-order valence-corrected chi connectivity index (χ2v) is 6.51. The molecule has 1 aromatic heterocycles. The minimum absolute atomic E-state index is 0.124. The van der Waals surface area contributed by atoms with Crippen molar-refractivity contribution >= 4 is 29.3 Å². The first kappa shape index (κ1) is 19.7. The number of carboxylic acids is 1. The zero-order valence-electron chi connectivity index (χ0n) is 14.9. The van der Waals surface area contributed by atoms with Crippen molar-refractivity contribution in [3.05, 3.63) is 57.4 Å². The highest BCUT2D eigenvalue weighted by Crippen LogP contribution is 2.22. The number of hydrogen-bond donors (Lipinski definition) is 2. The summed E-state index contributed by atoms with van der Waals surface area (Å²) in [7, 11) is 0. The number of halogens is 1. The molecule has 26 heavy (non-hydrogen) atoms. The summed E-state index contributed by atoms with van der Waals surface area (Å²) in [6.45, 7) is 4.71. The topological polar surface area (TPSA) is 90.5 Å². The Balaban J connectivity index is 2.40. The average molecular weight is 377 g/mol. The molecule has 0 aliphatic rings. The Labute approximate surface area is 156 Å². The van der Waals surface area contributed by atoms with E-state index in [1.165, 1.54) is 11.8 Å². The van der Waals surface area contributed by atoms with E-state index in [2.05, 4.69) is 4.98 Å². The third-order valence-corrected chi connectivity index (χ3v) is 4.36. The first-order chi connectivity index (χ1) is 12.2. The fraction of sp³-hybridized carbons (Fsp3) is 0.316. The number of ketones is 1. The summed E-state index contributed by atoms with van der Waals surface area (Å²) in [5, 5.41) is 9.76. The second-order valence-electron chi connectivity index (χ2n) is 6.07. The van der Waals surface area contributed by atoms with E-state index in [9.17, 15) is 19.5 Å². The molecular formula is C19H21ClN2O4. The molecule has 0 aliphatic heterocycles. The molecule has 0 bridgehead atoms. The molecule has 0 fully saturated rings. The van der Waals surface area contributed by atoms with Crippen LogP contribution < -0.4 is 0 Å². The SMILES string of the molecule is CCc1c(C(=O)N(CC(=O)O)Cc2ccc(Cl)cc2)[nH]c(C)c1C(C)=O. The summed E-state index contributed by atoms with van der Waals surface area (Å²) < 4.78 is 0. The molecule has 7 heteroatoms. The van der Waals surface area contributed by atoms with Gasteiger partial charge in [0.15, 0.2) is 5.78 Å². The number of hydrogen-bond acceptors (Lipinski definition) is 3. The highest BCUT2D eigenvalue weighted by molar-refractivity contribution is 6.30. The number of rotatable bonds is 7. The smallest absolute Gasteiger partial charge is 0.323 e. The molecule has 1 amide bonds. The van der Waals surface area contributed by atoms with Gasteiger partial charge in [-0.15, -0.1) is 0 Å². The normalized spacial score (nSPS) is 10.6. The summed E-state index contributed by atoms with van der Waals surface area (Å²) in [5.41, 5.74) is 2.76. The van der Waals surface area contributed by atoms with E-state index < -0.39 is 18.4 Å². The first-order valence-corrected chi connectivity index (χ1v) is 8.60. The van der Waals surface area contributed by atoms with Crippen molar-refractivity contribution in [3.8, 4) is 0 Å². The van der Waals surface area contributed by atoms with Gasteiger partial charge in [0.1, 0.15) is 12.2 Å². The van der Waals surface area contributed by atoms with E-state index in [1.807, 2.05) is 6.92 Å². The van der Waals surface area contributed by atoms with Gasteiger partial charge in [-0.3, -0.25) is 14.4 Å². The number of aliphatic carboxylic acids is 1. The lowest BCUT2D eigenvalue weighted by Crippen LogP contribution is -2.36. The number of H-pyrrole nitrogens is 1. The average Bonchev–Trinajstić information content (AvgIpc) is 2.91. The lowest BCUT2D eigenvalue weighted by molar-refractivity contribution is -0.137. The molecule has 1 aromatic carbocycles. The van der Waals surface area contributed by atoms with Crippen molar-refractivity contribution in [2.24, 2.45) is 0 Å². The van der Waals surface area contributed by atoms with Crippen molar-refractivity contribution < 1.29 is 19.5 Å². The Morgan fingerprint density at radius 2 is 1.81 bits per heavy atom. The van der Waals surface area contributed by atoms with Crippen LogP contribution in [-0.2, 0) is 17.8 Å². The van der Waals surface area contributed by atoms with Crippen molar-refractivity contribution in [3.63, 3.8) is 0 Å². The van der Waals surface area contributed by atoms with Crippen molar-refractivity contribution in [2.45, 2.75) is 33.7 Å². The number of carbonyl (C=O) groups excluding carboxylic acids is 2. The number of amides is 1. The van der Waals surface area contributed by atoms with Crippen LogP contribution in [0.1, 0.15) is 51.5 Å². The van der Waals surface area contributed by atoms with Gasteiger partial charge in [-0.05, 0) is 43.5 Å². The van der Waals surface area contributed by atoms with Crippen LogP contribution in [-0.4, -0.2) is 39.2 Å². The number of aromatic nitrogens is 1. The summed E-state index contributed by atoms with van der Waals surface area (Å²) in [6.07, 6.45) is 0.488. The van der Waals surface area contributed by atoms with Crippen LogP contribution in [0.5, 0.6) is 0 Å². The standard InChI is InChI=1S/C19H21ClN2O4/c1-4-15-17(12(3)23)11(2)21-18(15)19(26)22(10-16(24)25)9-13-5-7-14(20)8-6-13/h5-8,21H,4,9-10H2,1-3H3,(H,24,25). The minimum atomic E-state index is -1.11. The molecule has 1 heterocycles.